The Hall–Kier alpha value is -1.89. The fourth-order valence-corrected chi connectivity index (χ4v) is 7.53. The molecule has 32 heavy (non-hydrogen) atoms. The van der Waals surface area contributed by atoms with Crippen LogP contribution in [0.2, 0.25) is 0 Å². The van der Waals surface area contributed by atoms with Crippen molar-refractivity contribution in [2.45, 2.75) is 90.3 Å². The largest absolute Gasteiger partial charge is 0.509 e. The third kappa shape index (κ3) is 3.47. The maximum Gasteiger partial charge on any atom is 0.509 e. The number of carbonyl (C=O) groups excluding carboxylic acids is 2. The van der Waals surface area contributed by atoms with E-state index in [9.17, 15) is 24.6 Å². The molecular formula is C25H36O7. The van der Waals surface area contributed by atoms with Crippen LogP contribution in [0.15, 0.2) is 11.6 Å². The van der Waals surface area contributed by atoms with Gasteiger partial charge in [0.2, 0.25) is 5.60 Å². The maximum absolute atomic E-state index is 12.6. The number of carboxylic acids is 1. The van der Waals surface area contributed by atoms with Crippen LogP contribution in [0.25, 0.3) is 0 Å². The molecule has 0 bridgehead atoms. The summed E-state index contributed by atoms with van der Waals surface area (Å²) in [6.07, 6.45) is 6.57. The van der Waals surface area contributed by atoms with Crippen molar-refractivity contribution in [2.75, 3.05) is 6.61 Å². The van der Waals surface area contributed by atoms with Gasteiger partial charge in [-0.25, -0.2) is 9.59 Å². The number of allylic oxidation sites excluding steroid dienone is 1. The summed E-state index contributed by atoms with van der Waals surface area (Å²) in [5.74, 6) is 0.00417. The second-order valence-corrected chi connectivity index (χ2v) is 11.5. The molecule has 0 radical (unpaired) electrons. The summed E-state index contributed by atoms with van der Waals surface area (Å²) in [4.78, 5) is 37.1. The van der Waals surface area contributed by atoms with Gasteiger partial charge in [0.05, 0.1) is 5.60 Å². The highest BCUT2D eigenvalue weighted by Gasteiger charge is 2.69. The molecule has 0 aromatic rings. The van der Waals surface area contributed by atoms with Gasteiger partial charge < -0.3 is 19.7 Å². The first kappa shape index (κ1) is 23.3. The predicted octanol–water partition coefficient (Wildman–Crippen LogP) is 4.27. The molecule has 0 spiro atoms. The van der Waals surface area contributed by atoms with Crippen LogP contribution in [0.3, 0.4) is 0 Å². The maximum atomic E-state index is 12.6. The molecule has 3 saturated carbocycles. The molecule has 7 nitrogen and oxygen atoms in total. The fourth-order valence-electron chi connectivity index (χ4n) is 7.53. The smallest absolute Gasteiger partial charge is 0.478 e. The number of ketones is 1. The monoisotopic (exact) mass is 448 g/mol. The third-order valence-electron chi connectivity index (χ3n) is 9.23. The summed E-state index contributed by atoms with van der Waals surface area (Å²) in [7, 11) is 0. The average Bonchev–Trinajstić information content (AvgIpc) is 3.00. The second-order valence-electron chi connectivity index (χ2n) is 11.5. The summed E-state index contributed by atoms with van der Waals surface area (Å²) < 4.78 is 10.7. The van der Waals surface area contributed by atoms with Gasteiger partial charge in [-0.1, -0.05) is 19.4 Å². The van der Waals surface area contributed by atoms with Crippen molar-refractivity contribution in [1.29, 1.82) is 0 Å². The van der Waals surface area contributed by atoms with E-state index in [1.165, 1.54) is 19.4 Å². The van der Waals surface area contributed by atoms with E-state index >= 15 is 0 Å². The zero-order valence-corrected chi connectivity index (χ0v) is 19.6. The van der Waals surface area contributed by atoms with E-state index in [-0.39, 0.29) is 30.1 Å². The lowest BCUT2D eigenvalue weighted by Crippen LogP contribution is -2.59. The number of rotatable bonds is 4. The van der Waals surface area contributed by atoms with Crippen molar-refractivity contribution in [1.82, 2.24) is 0 Å². The van der Waals surface area contributed by atoms with Gasteiger partial charge in [0, 0.05) is 11.8 Å². The lowest BCUT2D eigenvalue weighted by Gasteiger charge is -2.58. The van der Waals surface area contributed by atoms with Gasteiger partial charge in [-0.05, 0) is 88.0 Å². The lowest BCUT2D eigenvalue weighted by molar-refractivity contribution is -0.187. The quantitative estimate of drug-likeness (QED) is 0.618. The van der Waals surface area contributed by atoms with E-state index in [4.69, 9.17) is 9.47 Å². The Morgan fingerprint density at radius 3 is 2.44 bits per heavy atom. The van der Waals surface area contributed by atoms with Crippen LogP contribution < -0.4 is 0 Å². The molecule has 0 unspecified atom stereocenters. The van der Waals surface area contributed by atoms with Gasteiger partial charge in [0.1, 0.15) is 6.61 Å². The molecule has 7 heteroatoms. The Labute approximate surface area is 189 Å². The summed E-state index contributed by atoms with van der Waals surface area (Å²) in [6, 6.07) is 0. The van der Waals surface area contributed by atoms with Crippen molar-refractivity contribution < 1.29 is 34.1 Å². The highest BCUT2D eigenvalue weighted by Crippen LogP contribution is 2.68. The first-order chi connectivity index (χ1) is 14.8. The molecule has 0 aromatic carbocycles. The fraction of sp³-hybridized carbons (Fsp3) is 0.800. The number of ether oxygens (including phenoxy) is 2. The van der Waals surface area contributed by atoms with E-state index < -0.39 is 28.7 Å². The molecular weight excluding hydrogens is 412 g/mol. The third-order valence-corrected chi connectivity index (χ3v) is 9.23. The minimum Gasteiger partial charge on any atom is -0.478 e. The summed E-state index contributed by atoms with van der Waals surface area (Å²) in [5.41, 5.74) is -2.26. The Balaban J connectivity index is 1.60. The van der Waals surface area contributed by atoms with Crippen LogP contribution in [-0.4, -0.2) is 45.9 Å². The molecule has 0 aromatic heterocycles. The van der Waals surface area contributed by atoms with Crippen molar-refractivity contribution >= 4 is 17.9 Å². The zero-order valence-electron chi connectivity index (χ0n) is 19.6. The van der Waals surface area contributed by atoms with Crippen molar-refractivity contribution in [3.05, 3.63) is 11.6 Å². The highest BCUT2D eigenvalue weighted by molar-refractivity contribution is 5.91. The minimum absolute atomic E-state index is 0.000867. The zero-order chi connectivity index (χ0) is 23.5. The minimum atomic E-state index is -1.63. The van der Waals surface area contributed by atoms with Crippen LogP contribution in [0.4, 0.5) is 4.79 Å². The van der Waals surface area contributed by atoms with Crippen LogP contribution in [-0.2, 0) is 19.1 Å². The lowest BCUT2D eigenvalue weighted by atomic mass is 9.46. The molecule has 4 aliphatic carbocycles. The molecule has 0 aliphatic heterocycles. The number of carbonyl (C=O) groups is 3. The normalized spacial score (nSPS) is 41.1. The first-order valence-electron chi connectivity index (χ1n) is 11.9. The van der Waals surface area contributed by atoms with Gasteiger partial charge in [0.25, 0.3) is 0 Å². The Morgan fingerprint density at radius 1 is 1.09 bits per heavy atom. The molecule has 0 amide bonds. The molecule has 178 valence electrons. The number of fused-ring (bicyclic) bond motifs is 5. The highest BCUT2D eigenvalue weighted by atomic mass is 16.7. The van der Waals surface area contributed by atoms with Crippen LogP contribution in [0.5, 0.6) is 0 Å². The predicted molar refractivity (Wildman–Crippen MR) is 116 cm³/mol. The van der Waals surface area contributed by atoms with E-state index in [2.05, 4.69) is 6.92 Å². The molecule has 3 fully saturated rings. The molecule has 0 saturated heterocycles. The van der Waals surface area contributed by atoms with Gasteiger partial charge in [-0.15, -0.1) is 0 Å². The Bertz CT molecular complexity index is 855. The van der Waals surface area contributed by atoms with Crippen LogP contribution in [0.1, 0.15) is 79.1 Å². The standard InChI is InChI=1S/C25H36O7/c1-22(2,30)14-31-21(29)32-25(20(27)28)12-9-19-17-6-5-15-13-16(26)7-10-23(15,3)18(17)8-11-24(19,25)4/h13,17-19,30H,5-12,14H2,1-4H3,(H,27,28)/t17-,18+,19+,23+,24+,25+/m1/s1. The van der Waals surface area contributed by atoms with Crippen molar-refractivity contribution in [3.63, 3.8) is 0 Å². The second kappa shape index (κ2) is 7.57. The van der Waals surface area contributed by atoms with E-state index in [1.807, 2.05) is 13.0 Å². The summed E-state index contributed by atoms with van der Waals surface area (Å²) in [6.45, 7) is 7.00. The molecule has 0 heterocycles. The van der Waals surface area contributed by atoms with Crippen molar-refractivity contribution in [3.8, 4) is 0 Å². The molecule has 2 N–H and O–H groups in total. The topological polar surface area (TPSA) is 110 Å². The number of hydrogen-bond acceptors (Lipinski definition) is 6. The summed E-state index contributed by atoms with van der Waals surface area (Å²) in [5, 5.41) is 20.1. The number of carboxylic acid groups (broad SMARTS) is 1. The van der Waals surface area contributed by atoms with E-state index in [0.717, 1.165) is 25.7 Å². The van der Waals surface area contributed by atoms with Crippen LogP contribution in [0, 0.1) is 28.6 Å². The van der Waals surface area contributed by atoms with Gasteiger partial charge in [0.15, 0.2) is 5.78 Å². The number of hydrogen-bond donors (Lipinski definition) is 2. The number of aliphatic hydroxyl groups is 1. The van der Waals surface area contributed by atoms with Gasteiger partial charge in [-0.2, -0.15) is 0 Å². The van der Waals surface area contributed by atoms with E-state index in [1.54, 1.807) is 0 Å². The Kier molecular flexibility index (Phi) is 5.51. The first-order valence-corrected chi connectivity index (χ1v) is 11.9. The molecule has 4 rings (SSSR count). The average molecular weight is 449 g/mol. The molecule has 4 aliphatic rings. The number of aliphatic carboxylic acids is 1. The summed E-state index contributed by atoms with van der Waals surface area (Å²) >= 11 is 0. The van der Waals surface area contributed by atoms with Crippen molar-refractivity contribution in [2.24, 2.45) is 28.6 Å². The van der Waals surface area contributed by atoms with Gasteiger partial charge in [-0.3, -0.25) is 4.79 Å². The van der Waals surface area contributed by atoms with Crippen LogP contribution >= 0.6 is 0 Å². The van der Waals surface area contributed by atoms with Gasteiger partial charge >= 0.3 is 12.1 Å². The Morgan fingerprint density at radius 2 is 1.78 bits per heavy atom. The molecule has 6 atom stereocenters. The van der Waals surface area contributed by atoms with E-state index in [0.29, 0.717) is 31.1 Å². The SMILES string of the molecule is CC(C)(O)COC(=O)O[C@]1(C(=O)O)CC[C@H]2[C@@H]3CCC4=CC(=O)CC[C@]4(C)[C@H]3CC[C@@]21C.